The standard InChI is InChI=1S/C12H14N4O3S2/c1-21(18,19)16-6-4-15(5-7-16)12(17)9-2-3-10-11(8-9)14-20-13-10/h2-3,8H,4-7H2,1H3. The van der Waals surface area contributed by atoms with Crippen molar-refractivity contribution >= 4 is 38.7 Å². The highest BCUT2D eigenvalue weighted by Gasteiger charge is 2.26. The quantitative estimate of drug-likeness (QED) is 0.798. The summed E-state index contributed by atoms with van der Waals surface area (Å²) in [5.74, 6) is -0.0990. The average Bonchev–Trinajstić information content (AvgIpc) is 2.93. The Morgan fingerprint density at radius 3 is 2.48 bits per heavy atom. The van der Waals surface area contributed by atoms with Crippen LogP contribution in [-0.4, -0.2) is 64.7 Å². The number of piperazine rings is 1. The van der Waals surface area contributed by atoms with Gasteiger partial charge in [0.1, 0.15) is 11.0 Å². The van der Waals surface area contributed by atoms with E-state index in [-0.39, 0.29) is 5.91 Å². The molecule has 1 aliphatic rings. The van der Waals surface area contributed by atoms with E-state index in [1.807, 2.05) is 0 Å². The van der Waals surface area contributed by atoms with E-state index in [4.69, 9.17) is 0 Å². The fourth-order valence-electron chi connectivity index (χ4n) is 2.32. The smallest absolute Gasteiger partial charge is 0.254 e. The first-order chi connectivity index (χ1) is 9.95. The molecule has 2 heterocycles. The Hall–Kier alpha value is -1.58. The molecule has 0 radical (unpaired) electrons. The second-order valence-corrected chi connectivity index (χ2v) is 7.43. The number of benzene rings is 1. The topological polar surface area (TPSA) is 83.5 Å². The van der Waals surface area contributed by atoms with Crippen LogP contribution in [0.2, 0.25) is 0 Å². The van der Waals surface area contributed by atoms with Gasteiger partial charge in [0.2, 0.25) is 10.0 Å². The largest absolute Gasteiger partial charge is 0.336 e. The number of fused-ring (bicyclic) bond motifs is 1. The minimum absolute atomic E-state index is 0.0990. The molecule has 0 saturated carbocycles. The first-order valence-corrected chi connectivity index (χ1v) is 9.00. The third-order valence-electron chi connectivity index (χ3n) is 3.50. The zero-order valence-corrected chi connectivity index (χ0v) is 13.0. The van der Waals surface area contributed by atoms with Gasteiger partial charge in [-0.1, -0.05) is 0 Å². The number of carbonyl (C=O) groups excluding carboxylic acids is 1. The van der Waals surface area contributed by atoms with Gasteiger partial charge in [-0.25, -0.2) is 8.42 Å². The molecule has 1 aliphatic heterocycles. The number of rotatable bonds is 2. The van der Waals surface area contributed by atoms with Crippen LogP contribution >= 0.6 is 11.7 Å². The van der Waals surface area contributed by atoms with E-state index in [1.54, 1.807) is 23.1 Å². The van der Waals surface area contributed by atoms with Crippen LogP contribution in [0.3, 0.4) is 0 Å². The summed E-state index contributed by atoms with van der Waals surface area (Å²) in [5, 5.41) is 0. The van der Waals surface area contributed by atoms with Crippen molar-refractivity contribution in [3.63, 3.8) is 0 Å². The van der Waals surface area contributed by atoms with Crippen molar-refractivity contribution in [1.29, 1.82) is 0 Å². The number of hydrogen-bond acceptors (Lipinski definition) is 6. The highest BCUT2D eigenvalue weighted by Crippen LogP contribution is 2.16. The monoisotopic (exact) mass is 326 g/mol. The lowest BCUT2D eigenvalue weighted by atomic mass is 10.1. The van der Waals surface area contributed by atoms with Gasteiger partial charge in [-0.15, -0.1) is 0 Å². The summed E-state index contributed by atoms with van der Waals surface area (Å²) in [7, 11) is -3.18. The molecule has 0 spiro atoms. The van der Waals surface area contributed by atoms with Crippen LogP contribution in [-0.2, 0) is 10.0 Å². The van der Waals surface area contributed by atoms with Gasteiger partial charge >= 0.3 is 0 Å². The molecule has 1 aromatic heterocycles. The predicted molar refractivity (Wildman–Crippen MR) is 79.7 cm³/mol. The molecule has 0 N–H and O–H groups in total. The maximum atomic E-state index is 12.4. The van der Waals surface area contributed by atoms with E-state index >= 15 is 0 Å². The van der Waals surface area contributed by atoms with Crippen LogP contribution in [0, 0.1) is 0 Å². The number of aromatic nitrogens is 2. The zero-order chi connectivity index (χ0) is 15.0. The Morgan fingerprint density at radius 1 is 1.14 bits per heavy atom. The molecule has 112 valence electrons. The van der Waals surface area contributed by atoms with Crippen molar-refractivity contribution in [1.82, 2.24) is 18.0 Å². The van der Waals surface area contributed by atoms with Gasteiger partial charge in [0.15, 0.2) is 0 Å². The molecule has 2 aromatic rings. The van der Waals surface area contributed by atoms with Crippen LogP contribution < -0.4 is 0 Å². The third-order valence-corrected chi connectivity index (χ3v) is 5.36. The van der Waals surface area contributed by atoms with Crippen LogP contribution in [0.4, 0.5) is 0 Å². The highest BCUT2D eigenvalue weighted by molar-refractivity contribution is 7.88. The average molecular weight is 326 g/mol. The second-order valence-electron chi connectivity index (χ2n) is 4.92. The Morgan fingerprint density at radius 2 is 1.81 bits per heavy atom. The molecule has 21 heavy (non-hydrogen) atoms. The third kappa shape index (κ3) is 2.89. The first kappa shape index (κ1) is 14.4. The van der Waals surface area contributed by atoms with E-state index in [9.17, 15) is 13.2 Å². The molecule has 1 amide bonds. The molecule has 3 rings (SSSR count). The van der Waals surface area contributed by atoms with Gasteiger partial charge in [-0.2, -0.15) is 13.1 Å². The Bertz CT molecular complexity index is 779. The van der Waals surface area contributed by atoms with Crippen molar-refractivity contribution in [2.45, 2.75) is 0 Å². The lowest BCUT2D eigenvalue weighted by Crippen LogP contribution is -2.50. The van der Waals surface area contributed by atoms with E-state index in [1.165, 1.54) is 10.6 Å². The molecule has 1 saturated heterocycles. The predicted octanol–water partition coefficient (Wildman–Crippen LogP) is 0.409. The van der Waals surface area contributed by atoms with E-state index in [0.29, 0.717) is 37.3 Å². The van der Waals surface area contributed by atoms with Gasteiger partial charge < -0.3 is 4.90 Å². The highest BCUT2D eigenvalue weighted by atomic mass is 32.2. The SMILES string of the molecule is CS(=O)(=O)N1CCN(C(=O)c2ccc3nsnc3c2)CC1. The van der Waals surface area contributed by atoms with Crippen LogP contribution in [0.25, 0.3) is 11.0 Å². The van der Waals surface area contributed by atoms with Crippen LogP contribution in [0.5, 0.6) is 0 Å². The van der Waals surface area contributed by atoms with Crippen molar-refractivity contribution in [2.24, 2.45) is 0 Å². The molecule has 1 aromatic carbocycles. The number of amides is 1. The number of nitrogens with zero attached hydrogens (tertiary/aromatic N) is 4. The Balaban J connectivity index is 1.74. The maximum Gasteiger partial charge on any atom is 0.254 e. The minimum atomic E-state index is -3.18. The Kier molecular flexibility index (Phi) is 3.64. The maximum absolute atomic E-state index is 12.4. The fourth-order valence-corrected chi connectivity index (χ4v) is 3.66. The van der Waals surface area contributed by atoms with Crippen molar-refractivity contribution in [3.8, 4) is 0 Å². The van der Waals surface area contributed by atoms with E-state index in [0.717, 1.165) is 17.2 Å². The summed E-state index contributed by atoms with van der Waals surface area (Å²) < 4.78 is 32.5. The van der Waals surface area contributed by atoms with Crippen molar-refractivity contribution in [3.05, 3.63) is 23.8 Å². The van der Waals surface area contributed by atoms with Gasteiger partial charge in [-0.05, 0) is 18.2 Å². The Labute approximate surface area is 126 Å². The molecule has 0 atom stereocenters. The summed E-state index contributed by atoms with van der Waals surface area (Å²) in [4.78, 5) is 14.1. The molecule has 0 aliphatic carbocycles. The number of sulfonamides is 1. The lowest BCUT2D eigenvalue weighted by molar-refractivity contribution is 0.0698. The van der Waals surface area contributed by atoms with Crippen LogP contribution in [0.15, 0.2) is 18.2 Å². The zero-order valence-electron chi connectivity index (χ0n) is 11.4. The van der Waals surface area contributed by atoms with Crippen molar-refractivity contribution in [2.75, 3.05) is 32.4 Å². The molecular weight excluding hydrogens is 312 g/mol. The summed E-state index contributed by atoms with van der Waals surface area (Å²) in [6.45, 7) is 1.48. The van der Waals surface area contributed by atoms with Gasteiger partial charge in [0, 0.05) is 31.7 Å². The van der Waals surface area contributed by atoms with Gasteiger partial charge in [-0.3, -0.25) is 4.79 Å². The number of carbonyl (C=O) groups is 1. The van der Waals surface area contributed by atoms with E-state index < -0.39 is 10.0 Å². The summed E-state index contributed by atoms with van der Waals surface area (Å²) in [6, 6.07) is 5.23. The van der Waals surface area contributed by atoms with Crippen LogP contribution in [0.1, 0.15) is 10.4 Å². The second kappa shape index (κ2) is 5.32. The number of hydrogen-bond donors (Lipinski definition) is 0. The fraction of sp³-hybridized carbons (Fsp3) is 0.417. The normalized spacial score (nSPS) is 17.3. The molecule has 0 unspecified atom stereocenters. The molecule has 0 bridgehead atoms. The van der Waals surface area contributed by atoms with Gasteiger partial charge in [0.05, 0.1) is 18.0 Å². The summed E-state index contributed by atoms with van der Waals surface area (Å²) in [5.41, 5.74) is 2.04. The van der Waals surface area contributed by atoms with Gasteiger partial charge in [0.25, 0.3) is 5.91 Å². The van der Waals surface area contributed by atoms with Crippen molar-refractivity contribution < 1.29 is 13.2 Å². The molecular formula is C12H14N4O3S2. The first-order valence-electron chi connectivity index (χ1n) is 6.42. The summed E-state index contributed by atoms with van der Waals surface area (Å²) >= 11 is 1.11. The molecule has 1 fully saturated rings. The molecule has 9 heteroatoms. The minimum Gasteiger partial charge on any atom is -0.336 e. The van der Waals surface area contributed by atoms with E-state index in [2.05, 4.69) is 8.75 Å². The lowest BCUT2D eigenvalue weighted by Gasteiger charge is -2.33. The summed E-state index contributed by atoms with van der Waals surface area (Å²) in [6.07, 6.45) is 1.19. The molecule has 7 nitrogen and oxygen atoms in total.